The Morgan fingerprint density at radius 2 is 1.38 bits per heavy atom. The van der Waals surface area contributed by atoms with E-state index in [-0.39, 0.29) is 0 Å². The molecule has 0 bridgehead atoms. The Labute approximate surface area is 83.8 Å². The molecule has 0 saturated carbocycles. The summed E-state index contributed by atoms with van der Waals surface area (Å²) in [6.45, 7) is 16.7. The van der Waals surface area contributed by atoms with E-state index < -0.39 is 0 Å². The minimum Gasteiger partial charge on any atom is -0.377 e. The van der Waals surface area contributed by atoms with Crippen molar-refractivity contribution in [3.8, 4) is 0 Å². The van der Waals surface area contributed by atoms with E-state index in [9.17, 15) is 0 Å². The van der Waals surface area contributed by atoms with Gasteiger partial charge in [-0.3, -0.25) is 0 Å². The maximum atomic E-state index is 5.55. The van der Waals surface area contributed by atoms with Crippen molar-refractivity contribution in [2.75, 3.05) is 13.1 Å². The quantitative estimate of drug-likeness (QED) is 0.584. The maximum absolute atomic E-state index is 5.55. The Bertz CT molecular complexity index is 115. The van der Waals surface area contributed by atoms with Crippen LogP contribution in [0.1, 0.15) is 40.5 Å². The normalized spacial score (nSPS) is 10.9. The summed E-state index contributed by atoms with van der Waals surface area (Å²) in [5.74, 6) is 1.53. The molecule has 0 fully saturated rings. The Balaban J connectivity index is 3.57. The molecule has 13 heavy (non-hydrogen) atoms. The van der Waals surface area contributed by atoms with Gasteiger partial charge in [-0.1, -0.05) is 27.7 Å². The van der Waals surface area contributed by atoms with Crippen LogP contribution in [-0.4, -0.2) is 18.0 Å². The molecule has 0 unspecified atom stereocenters. The van der Waals surface area contributed by atoms with Gasteiger partial charge in [0.1, 0.15) is 0 Å². The van der Waals surface area contributed by atoms with Crippen LogP contribution in [-0.2, 0) is 0 Å². The summed E-state index contributed by atoms with van der Waals surface area (Å²) in [5.41, 5.74) is 0. The molecule has 0 aromatic heterocycles. The van der Waals surface area contributed by atoms with Gasteiger partial charge in [0.05, 0.1) is 0 Å². The van der Waals surface area contributed by atoms with Crippen LogP contribution in [0.15, 0.2) is 6.20 Å². The molecule has 77 valence electrons. The standard InChI is InChI=1S/C12H24N/c1-6-13(9-7-11(2)3)10-8-12(4)5/h1,6,11-12H,7-10H2,2-5H3. The Morgan fingerprint density at radius 3 is 1.62 bits per heavy atom. The van der Waals surface area contributed by atoms with Crippen LogP contribution in [0.2, 0.25) is 0 Å². The monoisotopic (exact) mass is 182 g/mol. The van der Waals surface area contributed by atoms with Gasteiger partial charge in [-0.05, 0) is 37.5 Å². The fraction of sp³-hybridized carbons (Fsp3) is 0.833. The van der Waals surface area contributed by atoms with Crippen LogP contribution in [0.3, 0.4) is 0 Å². The smallest absolute Gasteiger partial charge is 0.0174 e. The molecule has 0 aliphatic rings. The first-order valence-corrected chi connectivity index (χ1v) is 5.35. The molecule has 0 aromatic carbocycles. The number of hydrogen-bond acceptors (Lipinski definition) is 1. The summed E-state index contributed by atoms with van der Waals surface area (Å²) < 4.78 is 0. The lowest BCUT2D eigenvalue weighted by atomic mass is 10.1. The predicted octanol–water partition coefficient (Wildman–Crippen LogP) is 3.33. The van der Waals surface area contributed by atoms with E-state index in [2.05, 4.69) is 32.6 Å². The molecule has 0 aliphatic carbocycles. The molecule has 0 aromatic rings. The molecular weight excluding hydrogens is 158 g/mol. The fourth-order valence-electron chi connectivity index (χ4n) is 1.11. The molecule has 1 radical (unpaired) electrons. The molecule has 0 rings (SSSR count). The zero-order valence-corrected chi connectivity index (χ0v) is 9.59. The lowest BCUT2D eigenvalue weighted by molar-refractivity contribution is 0.323. The molecule has 0 atom stereocenters. The van der Waals surface area contributed by atoms with Crippen molar-refractivity contribution in [2.24, 2.45) is 11.8 Å². The lowest BCUT2D eigenvalue weighted by Gasteiger charge is -2.21. The Hall–Kier alpha value is -0.460. The van der Waals surface area contributed by atoms with Crippen LogP contribution in [0.4, 0.5) is 0 Å². The molecule has 1 nitrogen and oxygen atoms in total. The van der Waals surface area contributed by atoms with Gasteiger partial charge in [0.15, 0.2) is 0 Å². The van der Waals surface area contributed by atoms with Gasteiger partial charge < -0.3 is 4.90 Å². The molecule has 0 aliphatic heterocycles. The second-order valence-electron chi connectivity index (χ2n) is 4.55. The van der Waals surface area contributed by atoms with E-state index in [0.29, 0.717) is 0 Å². The lowest BCUT2D eigenvalue weighted by Crippen LogP contribution is -2.21. The average molecular weight is 182 g/mol. The largest absolute Gasteiger partial charge is 0.377 e. The Kier molecular flexibility index (Phi) is 6.75. The highest BCUT2D eigenvalue weighted by Gasteiger charge is 2.02. The van der Waals surface area contributed by atoms with Crippen molar-refractivity contribution in [3.63, 3.8) is 0 Å². The van der Waals surface area contributed by atoms with Crippen molar-refractivity contribution in [1.82, 2.24) is 4.90 Å². The maximum Gasteiger partial charge on any atom is 0.0174 e. The third kappa shape index (κ3) is 7.89. The van der Waals surface area contributed by atoms with Gasteiger partial charge >= 0.3 is 0 Å². The van der Waals surface area contributed by atoms with E-state index in [1.54, 1.807) is 6.20 Å². The van der Waals surface area contributed by atoms with Crippen molar-refractivity contribution >= 4 is 0 Å². The molecule has 0 saturated heterocycles. The second-order valence-corrected chi connectivity index (χ2v) is 4.55. The third-order valence-electron chi connectivity index (χ3n) is 2.20. The van der Waals surface area contributed by atoms with Crippen molar-refractivity contribution in [3.05, 3.63) is 12.8 Å². The molecule has 0 amide bonds. The van der Waals surface area contributed by atoms with Gasteiger partial charge in [-0.15, -0.1) is 0 Å². The summed E-state index contributed by atoms with van der Waals surface area (Å²) in [6.07, 6.45) is 4.18. The highest BCUT2D eigenvalue weighted by molar-refractivity contribution is 4.69. The van der Waals surface area contributed by atoms with Gasteiger partial charge in [-0.25, -0.2) is 0 Å². The molecule has 0 spiro atoms. The van der Waals surface area contributed by atoms with E-state index in [1.165, 1.54) is 12.8 Å². The first kappa shape index (κ1) is 12.5. The minimum atomic E-state index is 0.765. The highest BCUT2D eigenvalue weighted by Crippen LogP contribution is 2.06. The fourth-order valence-corrected chi connectivity index (χ4v) is 1.11. The summed E-state index contributed by atoms with van der Waals surface area (Å²) in [6, 6.07) is 0. The van der Waals surface area contributed by atoms with Gasteiger partial charge in [-0.2, -0.15) is 0 Å². The Morgan fingerprint density at radius 1 is 1.00 bits per heavy atom. The van der Waals surface area contributed by atoms with E-state index in [0.717, 1.165) is 24.9 Å². The first-order valence-electron chi connectivity index (χ1n) is 5.35. The third-order valence-corrected chi connectivity index (χ3v) is 2.20. The van der Waals surface area contributed by atoms with E-state index in [1.807, 2.05) is 0 Å². The molecule has 1 heteroatoms. The van der Waals surface area contributed by atoms with Crippen LogP contribution in [0, 0.1) is 18.4 Å². The molecule has 0 N–H and O–H groups in total. The molecule has 0 heterocycles. The minimum absolute atomic E-state index is 0.765. The summed E-state index contributed by atoms with van der Waals surface area (Å²) >= 11 is 0. The SMILES string of the molecule is [CH]=CN(CCC(C)C)CCC(C)C. The zero-order valence-electron chi connectivity index (χ0n) is 9.59. The zero-order chi connectivity index (χ0) is 10.3. The van der Waals surface area contributed by atoms with Crippen molar-refractivity contribution < 1.29 is 0 Å². The topological polar surface area (TPSA) is 3.24 Å². The summed E-state index contributed by atoms with van der Waals surface area (Å²) in [5, 5.41) is 0. The molecular formula is C12H24N. The van der Waals surface area contributed by atoms with E-state index in [4.69, 9.17) is 6.58 Å². The highest BCUT2D eigenvalue weighted by atomic mass is 15.1. The van der Waals surface area contributed by atoms with Crippen LogP contribution < -0.4 is 0 Å². The summed E-state index contributed by atoms with van der Waals surface area (Å²) in [7, 11) is 0. The average Bonchev–Trinajstić information content (AvgIpc) is 2.04. The van der Waals surface area contributed by atoms with Gasteiger partial charge in [0.25, 0.3) is 0 Å². The van der Waals surface area contributed by atoms with Gasteiger partial charge in [0.2, 0.25) is 0 Å². The van der Waals surface area contributed by atoms with E-state index >= 15 is 0 Å². The van der Waals surface area contributed by atoms with Gasteiger partial charge in [0, 0.05) is 13.1 Å². The van der Waals surface area contributed by atoms with Crippen LogP contribution in [0.25, 0.3) is 0 Å². The number of hydrogen-bond donors (Lipinski definition) is 0. The van der Waals surface area contributed by atoms with Crippen LogP contribution in [0.5, 0.6) is 0 Å². The number of nitrogens with zero attached hydrogens (tertiary/aromatic N) is 1. The van der Waals surface area contributed by atoms with Crippen molar-refractivity contribution in [2.45, 2.75) is 40.5 Å². The van der Waals surface area contributed by atoms with Crippen molar-refractivity contribution in [1.29, 1.82) is 0 Å². The second kappa shape index (κ2) is 6.99. The first-order chi connectivity index (χ1) is 6.06. The van der Waals surface area contributed by atoms with Crippen LogP contribution >= 0.6 is 0 Å². The summed E-state index contributed by atoms with van der Waals surface area (Å²) in [4.78, 5) is 2.22. The predicted molar refractivity (Wildman–Crippen MR) is 59.4 cm³/mol. The number of rotatable bonds is 7.